The minimum absolute atomic E-state index is 0.00873. The summed E-state index contributed by atoms with van der Waals surface area (Å²) in [5.41, 5.74) is 6.51. The Morgan fingerprint density at radius 1 is 1.50 bits per heavy atom. The van der Waals surface area contributed by atoms with E-state index in [1.54, 1.807) is 6.07 Å². The molecule has 0 amide bonds. The summed E-state index contributed by atoms with van der Waals surface area (Å²) >= 11 is 6.51. The number of hydrogen-bond acceptors (Lipinski definition) is 3. The minimum Gasteiger partial charge on any atom is -0.503 e. The predicted octanol–water partition coefficient (Wildman–Crippen LogP) is 3.29. The van der Waals surface area contributed by atoms with Gasteiger partial charge in [-0.2, -0.15) is 0 Å². The average molecular weight is 357 g/mol. The monoisotopic (exact) mass is 355 g/mol. The summed E-state index contributed by atoms with van der Waals surface area (Å²) in [6.07, 6.45) is 0.221. The fraction of sp³-hybridized carbons (Fsp3) is 0.400. The zero-order valence-electron chi connectivity index (χ0n) is 8.64. The average Bonchev–Trinajstić information content (AvgIpc) is 2.27. The van der Waals surface area contributed by atoms with Gasteiger partial charge in [0.2, 0.25) is 0 Å². The second-order valence-electron chi connectivity index (χ2n) is 3.23. The summed E-state index contributed by atoms with van der Waals surface area (Å²) < 4.78 is 18.3. The summed E-state index contributed by atoms with van der Waals surface area (Å²) in [6.45, 7) is -0.492. The standard InChI is InChI=1S/C10H12Br2FNO2/c1-16-7-4-5(6(14)2-3-13)8(11)9(12)10(7)15/h4,6,15H,2-3,14H2,1H3/t6-/m1/s1. The fourth-order valence-corrected chi connectivity index (χ4v) is 2.33. The van der Waals surface area contributed by atoms with Crippen LogP contribution in [0.3, 0.4) is 0 Å². The van der Waals surface area contributed by atoms with Gasteiger partial charge in [0.1, 0.15) is 0 Å². The number of aromatic hydroxyl groups is 1. The van der Waals surface area contributed by atoms with Crippen LogP contribution in [-0.4, -0.2) is 18.9 Å². The smallest absolute Gasteiger partial charge is 0.173 e. The molecule has 0 unspecified atom stereocenters. The van der Waals surface area contributed by atoms with Gasteiger partial charge in [0.25, 0.3) is 0 Å². The Labute approximate surface area is 110 Å². The predicted molar refractivity (Wildman–Crippen MR) is 67.6 cm³/mol. The number of phenols is 1. The number of nitrogens with two attached hydrogens (primary N) is 1. The first-order valence-electron chi connectivity index (χ1n) is 4.59. The van der Waals surface area contributed by atoms with Crippen LogP contribution >= 0.6 is 31.9 Å². The van der Waals surface area contributed by atoms with E-state index in [4.69, 9.17) is 10.5 Å². The van der Waals surface area contributed by atoms with Gasteiger partial charge in [-0.15, -0.1) is 0 Å². The van der Waals surface area contributed by atoms with Crippen LogP contribution in [0.15, 0.2) is 15.0 Å². The van der Waals surface area contributed by atoms with Gasteiger partial charge in [0.15, 0.2) is 11.5 Å². The van der Waals surface area contributed by atoms with Crippen LogP contribution in [0.2, 0.25) is 0 Å². The number of methoxy groups -OCH3 is 1. The molecule has 6 heteroatoms. The molecule has 1 atom stereocenters. The molecule has 0 radical (unpaired) electrons. The number of halogens is 3. The van der Waals surface area contributed by atoms with E-state index < -0.39 is 12.7 Å². The highest BCUT2D eigenvalue weighted by Crippen LogP contribution is 2.43. The first-order chi connectivity index (χ1) is 7.52. The van der Waals surface area contributed by atoms with Crippen molar-refractivity contribution in [1.29, 1.82) is 0 Å². The van der Waals surface area contributed by atoms with Crippen LogP contribution < -0.4 is 10.5 Å². The van der Waals surface area contributed by atoms with Gasteiger partial charge in [0, 0.05) is 10.5 Å². The number of alkyl halides is 1. The Morgan fingerprint density at radius 3 is 2.62 bits per heavy atom. The van der Waals surface area contributed by atoms with Crippen molar-refractivity contribution >= 4 is 31.9 Å². The maximum atomic E-state index is 12.2. The lowest BCUT2D eigenvalue weighted by Gasteiger charge is -2.16. The highest BCUT2D eigenvalue weighted by atomic mass is 79.9. The van der Waals surface area contributed by atoms with Crippen molar-refractivity contribution in [3.8, 4) is 11.5 Å². The van der Waals surface area contributed by atoms with E-state index >= 15 is 0 Å². The Kier molecular flexibility index (Phi) is 5.01. The van der Waals surface area contributed by atoms with Crippen LogP contribution in [0.25, 0.3) is 0 Å². The van der Waals surface area contributed by atoms with Crippen LogP contribution in [-0.2, 0) is 0 Å². The number of phenolic OH excluding ortho intramolecular Hbond substituents is 1. The number of benzene rings is 1. The zero-order chi connectivity index (χ0) is 12.3. The molecule has 16 heavy (non-hydrogen) atoms. The van der Waals surface area contributed by atoms with Gasteiger partial charge in [-0.05, 0) is 49.9 Å². The molecule has 90 valence electrons. The molecule has 0 fully saturated rings. The van der Waals surface area contributed by atoms with Crippen molar-refractivity contribution in [1.82, 2.24) is 0 Å². The van der Waals surface area contributed by atoms with Crippen molar-refractivity contribution in [2.24, 2.45) is 5.73 Å². The molecule has 1 rings (SSSR count). The highest BCUT2D eigenvalue weighted by molar-refractivity contribution is 9.13. The Balaban J connectivity index is 3.24. The molecule has 1 aromatic carbocycles. The van der Waals surface area contributed by atoms with Gasteiger partial charge in [0.05, 0.1) is 18.3 Å². The summed E-state index contributed by atoms with van der Waals surface area (Å²) in [4.78, 5) is 0. The van der Waals surface area contributed by atoms with Gasteiger partial charge < -0.3 is 15.6 Å². The first kappa shape index (κ1) is 13.7. The lowest BCUT2D eigenvalue weighted by atomic mass is 10.0. The molecule has 0 saturated carbocycles. The summed E-state index contributed by atoms with van der Waals surface area (Å²) in [5, 5.41) is 9.70. The van der Waals surface area contributed by atoms with Crippen LogP contribution in [0.1, 0.15) is 18.0 Å². The van der Waals surface area contributed by atoms with E-state index in [0.29, 0.717) is 20.3 Å². The topological polar surface area (TPSA) is 55.5 Å². The summed E-state index contributed by atoms with van der Waals surface area (Å²) in [5.74, 6) is 0.296. The van der Waals surface area contributed by atoms with E-state index in [-0.39, 0.29) is 12.2 Å². The van der Waals surface area contributed by atoms with E-state index in [9.17, 15) is 9.50 Å². The number of rotatable bonds is 4. The van der Waals surface area contributed by atoms with E-state index in [0.717, 1.165) is 0 Å². The normalized spacial score (nSPS) is 12.6. The van der Waals surface area contributed by atoms with Crippen LogP contribution in [0, 0.1) is 0 Å². The van der Waals surface area contributed by atoms with Crippen LogP contribution in [0.4, 0.5) is 4.39 Å². The zero-order valence-corrected chi connectivity index (χ0v) is 11.8. The molecule has 0 heterocycles. The first-order valence-corrected chi connectivity index (χ1v) is 6.17. The van der Waals surface area contributed by atoms with Gasteiger partial charge >= 0.3 is 0 Å². The van der Waals surface area contributed by atoms with Gasteiger partial charge in [-0.25, -0.2) is 0 Å². The molecule has 0 aliphatic carbocycles. The summed E-state index contributed by atoms with van der Waals surface area (Å²) in [6, 6.07) is 1.16. The maximum absolute atomic E-state index is 12.2. The SMILES string of the molecule is COc1cc([C@H](N)CCF)c(Br)c(Br)c1O. The second-order valence-corrected chi connectivity index (χ2v) is 4.81. The molecular formula is C10H12Br2FNO2. The third kappa shape index (κ3) is 2.67. The summed E-state index contributed by atoms with van der Waals surface area (Å²) in [7, 11) is 1.44. The molecule has 1 aromatic rings. The molecule has 0 aromatic heterocycles. The molecule has 0 aliphatic heterocycles. The molecule has 0 spiro atoms. The Bertz CT molecular complexity index is 388. The van der Waals surface area contributed by atoms with Crippen LogP contribution in [0.5, 0.6) is 11.5 Å². The Hall–Kier alpha value is -0.330. The molecule has 0 saturated heterocycles. The van der Waals surface area contributed by atoms with Crippen molar-refractivity contribution < 1.29 is 14.2 Å². The highest BCUT2D eigenvalue weighted by Gasteiger charge is 2.18. The number of ether oxygens (including phenoxy) is 1. The van der Waals surface area contributed by atoms with Gasteiger partial charge in [-0.3, -0.25) is 4.39 Å². The van der Waals surface area contributed by atoms with Crippen molar-refractivity contribution in [2.45, 2.75) is 12.5 Å². The lowest BCUT2D eigenvalue weighted by molar-refractivity contribution is 0.369. The molecular weight excluding hydrogens is 345 g/mol. The largest absolute Gasteiger partial charge is 0.503 e. The Morgan fingerprint density at radius 2 is 2.12 bits per heavy atom. The maximum Gasteiger partial charge on any atom is 0.173 e. The lowest BCUT2D eigenvalue weighted by Crippen LogP contribution is -2.12. The number of hydrogen-bond donors (Lipinski definition) is 2. The fourth-order valence-electron chi connectivity index (χ4n) is 1.31. The van der Waals surface area contributed by atoms with Gasteiger partial charge in [-0.1, -0.05) is 0 Å². The molecule has 0 aliphatic rings. The van der Waals surface area contributed by atoms with E-state index in [1.807, 2.05) is 0 Å². The van der Waals surface area contributed by atoms with Crippen molar-refractivity contribution in [2.75, 3.05) is 13.8 Å². The molecule has 3 nitrogen and oxygen atoms in total. The molecule has 0 bridgehead atoms. The van der Waals surface area contributed by atoms with E-state index in [1.165, 1.54) is 7.11 Å². The van der Waals surface area contributed by atoms with E-state index in [2.05, 4.69) is 31.9 Å². The second kappa shape index (κ2) is 5.84. The third-order valence-corrected chi connectivity index (χ3v) is 4.37. The molecule has 3 N–H and O–H groups in total. The minimum atomic E-state index is -0.492. The van der Waals surface area contributed by atoms with Crippen molar-refractivity contribution in [3.63, 3.8) is 0 Å². The van der Waals surface area contributed by atoms with Crippen molar-refractivity contribution in [3.05, 3.63) is 20.6 Å². The quantitative estimate of drug-likeness (QED) is 0.870. The third-order valence-electron chi connectivity index (χ3n) is 2.21.